The molecule has 1 heterocycles. The van der Waals surface area contributed by atoms with E-state index in [1.807, 2.05) is 6.07 Å². The van der Waals surface area contributed by atoms with Gasteiger partial charge in [-0.05, 0) is 36.8 Å². The quantitative estimate of drug-likeness (QED) is 0.929. The second kappa shape index (κ2) is 7.05. The van der Waals surface area contributed by atoms with E-state index in [0.29, 0.717) is 22.9 Å². The van der Waals surface area contributed by atoms with Gasteiger partial charge in [-0.3, -0.25) is 9.59 Å². The van der Waals surface area contributed by atoms with Crippen molar-refractivity contribution in [3.8, 4) is 0 Å². The normalized spacial score (nSPS) is 16.9. The molecule has 2 aromatic rings. The standard InChI is InChI=1S/C18H17FN2O2S/c1-12-7-8-14(19)9-15(12)20-17(22)16-10-24-11-21(16)18(23)13-5-3-2-4-6-13/h2-9,16H,10-11H2,1H3,(H,20,22). The third-order valence-electron chi connectivity index (χ3n) is 3.92. The molecule has 1 atom stereocenters. The maximum absolute atomic E-state index is 13.4. The fourth-order valence-corrected chi connectivity index (χ4v) is 3.71. The highest BCUT2D eigenvalue weighted by Gasteiger charge is 2.35. The number of halogens is 1. The summed E-state index contributed by atoms with van der Waals surface area (Å²) < 4.78 is 13.4. The monoisotopic (exact) mass is 344 g/mol. The van der Waals surface area contributed by atoms with Crippen LogP contribution in [0.1, 0.15) is 15.9 Å². The molecular formula is C18H17FN2O2S. The van der Waals surface area contributed by atoms with E-state index in [1.165, 1.54) is 23.9 Å². The number of amides is 2. The molecule has 2 amide bonds. The summed E-state index contributed by atoms with van der Waals surface area (Å²) in [7, 11) is 0. The van der Waals surface area contributed by atoms with Crippen LogP contribution in [-0.4, -0.2) is 34.4 Å². The summed E-state index contributed by atoms with van der Waals surface area (Å²) in [6.07, 6.45) is 0. The zero-order valence-electron chi connectivity index (χ0n) is 13.2. The van der Waals surface area contributed by atoms with Crippen molar-refractivity contribution < 1.29 is 14.0 Å². The molecule has 124 valence electrons. The van der Waals surface area contributed by atoms with E-state index in [1.54, 1.807) is 42.2 Å². The molecule has 24 heavy (non-hydrogen) atoms. The molecule has 0 aromatic heterocycles. The van der Waals surface area contributed by atoms with Gasteiger partial charge in [-0.2, -0.15) is 0 Å². The fourth-order valence-electron chi connectivity index (χ4n) is 2.55. The summed E-state index contributed by atoms with van der Waals surface area (Å²) in [5.74, 6) is 0.121. The van der Waals surface area contributed by atoms with Gasteiger partial charge in [-0.25, -0.2) is 4.39 Å². The number of nitrogens with one attached hydrogen (secondary N) is 1. The van der Waals surface area contributed by atoms with Gasteiger partial charge in [0.2, 0.25) is 5.91 Å². The molecule has 6 heteroatoms. The minimum Gasteiger partial charge on any atom is -0.324 e. The Morgan fingerprint density at radius 3 is 2.71 bits per heavy atom. The van der Waals surface area contributed by atoms with E-state index in [0.717, 1.165) is 5.56 Å². The van der Waals surface area contributed by atoms with E-state index >= 15 is 0 Å². The van der Waals surface area contributed by atoms with Crippen molar-refractivity contribution in [2.45, 2.75) is 13.0 Å². The molecule has 2 aromatic carbocycles. The van der Waals surface area contributed by atoms with Gasteiger partial charge in [0.05, 0.1) is 5.88 Å². The first-order chi connectivity index (χ1) is 11.6. The van der Waals surface area contributed by atoms with E-state index in [4.69, 9.17) is 0 Å². The van der Waals surface area contributed by atoms with Crippen LogP contribution in [0.3, 0.4) is 0 Å². The lowest BCUT2D eigenvalue weighted by molar-refractivity contribution is -0.119. The van der Waals surface area contributed by atoms with Crippen molar-refractivity contribution in [2.24, 2.45) is 0 Å². The smallest absolute Gasteiger partial charge is 0.255 e. The number of aryl methyl sites for hydroxylation is 1. The Morgan fingerprint density at radius 1 is 1.21 bits per heavy atom. The summed E-state index contributed by atoms with van der Waals surface area (Å²) in [6, 6.07) is 12.6. The number of hydrogen-bond acceptors (Lipinski definition) is 3. The lowest BCUT2D eigenvalue weighted by Crippen LogP contribution is -2.44. The van der Waals surface area contributed by atoms with Gasteiger partial charge < -0.3 is 10.2 Å². The minimum atomic E-state index is -0.564. The van der Waals surface area contributed by atoms with Crippen molar-refractivity contribution in [3.63, 3.8) is 0 Å². The summed E-state index contributed by atoms with van der Waals surface area (Å²) in [5.41, 5.74) is 1.76. The van der Waals surface area contributed by atoms with Crippen molar-refractivity contribution in [1.29, 1.82) is 0 Å². The van der Waals surface area contributed by atoms with E-state index in [-0.39, 0.29) is 11.8 Å². The topological polar surface area (TPSA) is 49.4 Å². The average molecular weight is 344 g/mol. The van der Waals surface area contributed by atoms with Crippen LogP contribution in [0, 0.1) is 12.7 Å². The van der Waals surface area contributed by atoms with E-state index in [2.05, 4.69) is 5.32 Å². The van der Waals surface area contributed by atoms with Crippen molar-refractivity contribution in [3.05, 3.63) is 65.5 Å². The third kappa shape index (κ3) is 3.43. The van der Waals surface area contributed by atoms with Crippen LogP contribution in [-0.2, 0) is 4.79 Å². The molecule has 0 aliphatic carbocycles. The predicted molar refractivity (Wildman–Crippen MR) is 93.5 cm³/mol. The lowest BCUT2D eigenvalue weighted by atomic mass is 10.1. The molecule has 4 nitrogen and oxygen atoms in total. The zero-order chi connectivity index (χ0) is 17.1. The number of rotatable bonds is 3. The molecule has 1 aliphatic heterocycles. The van der Waals surface area contributed by atoms with Gasteiger partial charge in [0.25, 0.3) is 5.91 Å². The maximum atomic E-state index is 13.4. The van der Waals surface area contributed by atoms with Crippen LogP contribution in [0.4, 0.5) is 10.1 Å². The Kier molecular flexibility index (Phi) is 4.85. The Labute approximate surface area is 144 Å². The second-order valence-electron chi connectivity index (χ2n) is 5.61. The number of carbonyl (C=O) groups is 2. The van der Waals surface area contributed by atoms with Crippen LogP contribution >= 0.6 is 11.8 Å². The molecule has 1 aliphatic rings. The Hall–Kier alpha value is -2.34. The molecule has 0 saturated carbocycles. The van der Waals surface area contributed by atoms with E-state index in [9.17, 15) is 14.0 Å². The Balaban J connectivity index is 1.76. The highest BCUT2D eigenvalue weighted by Crippen LogP contribution is 2.25. The number of benzene rings is 2. The average Bonchev–Trinajstić information content (AvgIpc) is 3.08. The number of nitrogens with zero attached hydrogens (tertiary/aromatic N) is 1. The largest absolute Gasteiger partial charge is 0.324 e. The van der Waals surface area contributed by atoms with Crippen molar-refractivity contribution in [1.82, 2.24) is 4.90 Å². The number of carbonyl (C=O) groups excluding carboxylic acids is 2. The molecule has 0 radical (unpaired) electrons. The lowest BCUT2D eigenvalue weighted by Gasteiger charge is -2.23. The second-order valence-corrected chi connectivity index (χ2v) is 6.60. The first kappa shape index (κ1) is 16.5. The molecule has 1 saturated heterocycles. The van der Waals surface area contributed by atoms with Gasteiger partial charge in [-0.1, -0.05) is 24.3 Å². The number of anilines is 1. The number of thioether (sulfide) groups is 1. The summed E-state index contributed by atoms with van der Waals surface area (Å²) in [4.78, 5) is 26.8. The summed E-state index contributed by atoms with van der Waals surface area (Å²) in [5, 5.41) is 2.74. The number of hydrogen-bond donors (Lipinski definition) is 1. The van der Waals surface area contributed by atoms with E-state index < -0.39 is 11.9 Å². The van der Waals surface area contributed by atoms with Crippen LogP contribution in [0.15, 0.2) is 48.5 Å². The summed E-state index contributed by atoms with van der Waals surface area (Å²) >= 11 is 1.53. The minimum absolute atomic E-state index is 0.170. The third-order valence-corrected chi connectivity index (χ3v) is 4.94. The molecule has 1 fully saturated rings. The van der Waals surface area contributed by atoms with Gasteiger partial charge in [0, 0.05) is 17.0 Å². The van der Waals surface area contributed by atoms with Crippen molar-refractivity contribution >= 4 is 29.3 Å². The summed E-state index contributed by atoms with van der Waals surface area (Å²) in [6.45, 7) is 1.80. The highest BCUT2D eigenvalue weighted by molar-refractivity contribution is 7.99. The Bertz CT molecular complexity index is 767. The Morgan fingerprint density at radius 2 is 1.96 bits per heavy atom. The molecule has 3 rings (SSSR count). The van der Waals surface area contributed by atoms with Crippen LogP contribution in [0.25, 0.3) is 0 Å². The van der Waals surface area contributed by atoms with Gasteiger partial charge in [0.15, 0.2) is 0 Å². The predicted octanol–water partition coefficient (Wildman–Crippen LogP) is 3.29. The highest BCUT2D eigenvalue weighted by atomic mass is 32.2. The first-order valence-electron chi connectivity index (χ1n) is 7.57. The first-order valence-corrected chi connectivity index (χ1v) is 8.72. The van der Waals surface area contributed by atoms with Gasteiger partial charge in [0.1, 0.15) is 11.9 Å². The molecule has 1 unspecified atom stereocenters. The SMILES string of the molecule is Cc1ccc(F)cc1NC(=O)C1CSCN1C(=O)c1ccccc1. The van der Waals surface area contributed by atoms with Gasteiger partial charge >= 0.3 is 0 Å². The molecule has 1 N–H and O–H groups in total. The fraction of sp³-hybridized carbons (Fsp3) is 0.222. The van der Waals surface area contributed by atoms with Gasteiger partial charge in [-0.15, -0.1) is 11.8 Å². The van der Waals surface area contributed by atoms with Crippen LogP contribution < -0.4 is 5.32 Å². The molecule has 0 bridgehead atoms. The zero-order valence-corrected chi connectivity index (χ0v) is 14.0. The maximum Gasteiger partial charge on any atom is 0.255 e. The van der Waals surface area contributed by atoms with Crippen molar-refractivity contribution in [2.75, 3.05) is 16.9 Å². The molecular weight excluding hydrogens is 327 g/mol. The molecule has 0 spiro atoms. The van der Waals surface area contributed by atoms with Crippen LogP contribution in [0.2, 0.25) is 0 Å². The van der Waals surface area contributed by atoms with Crippen LogP contribution in [0.5, 0.6) is 0 Å².